The average molecular weight is 340 g/mol. The van der Waals surface area contributed by atoms with E-state index >= 15 is 0 Å². The fourth-order valence-corrected chi connectivity index (χ4v) is 2.95. The highest BCUT2D eigenvalue weighted by molar-refractivity contribution is 6.31. The number of nitrogens with one attached hydrogen (secondary N) is 1. The first-order chi connectivity index (χ1) is 11.0. The maximum Gasteiger partial charge on any atom is 0.244 e. The molecule has 0 aromatic heterocycles. The van der Waals surface area contributed by atoms with Gasteiger partial charge in [0.15, 0.2) is 0 Å². The summed E-state index contributed by atoms with van der Waals surface area (Å²) in [4.78, 5) is 16.9. The smallest absolute Gasteiger partial charge is 0.244 e. The quantitative estimate of drug-likeness (QED) is 0.895. The highest BCUT2D eigenvalue weighted by Crippen LogP contribution is 2.31. The Hall–Kier alpha value is -1.46. The summed E-state index contributed by atoms with van der Waals surface area (Å²) < 4.78 is 5.36. The molecule has 128 valence electrons. The molecule has 1 aromatic rings. The van der Waals surface area contributed by atoms with E-state index < -0.39 is 0 Å². The molecule has 0 unspecified atom stereocenters. The monoisotopic (exact) mass is 339 g/mol. The van der Waals surface area contributed by atoms with Gasteiger partial charge >= 0.3 is 0 Å². The Kier molecular flexibility index (Phi) is 6.13. The summed E-state index contributed by atoms with van der Waals surface area (Å²) in [5.74, 6) is 0.770. The molecule has 1 aliphatic rings. The molecule has 0 spiro atoms. The van der Waals surface area contributed by atoms with Gasteiger partial charge in [-0.15, -0.1) is 0 Å². The number of amides is 1. The largest absolute Gasteiger partial charge is 0.495 e. The van der Waals surface area contributed by atoms with Crippen molar-refractivity contribution in [3.8, 4) is 5.75 Å². The van der Waals surface area contributed by atoms with Crippen molar-refractivity contribution in [2.45, 2.75) is 26.8 Å². The zero-order valence-electron chi connectivity index (χ0n) is 14.4. The Labute approximate surface area is 143 Å². The number of nitrogens with zero attached hydrogens (tertiary/aromatic N) is 2. The number of methoxy groups -OCH3 is 1. The summed E-state index contributed by atoms with van der Waals surface area (Å²) in [6, 6.07) is 3.38. The highest BCUT2D eigenvalue weighted by Gasteiger charge is 2.25. The lowest BCUT2D eigenvalue weighted by Gasteiger charge is -2.35. The molecule has 1 heterocycles. The van der Waals surface area contributed by atoms with Gasteiger partial charge in [0.05, 0.1) is 12.8 Å². The Bertz CT molecular complexity index is 557. The standard InChI is InChI=1S/C17H26ClN3O2/c1-5-20-6-8-21(9-7-20)17(22)13(3)19-15-10-12(2)14(18)11-16(15)23-4/h10-11,13,19H,5-9H2,1-4H3/t13-/m0/s1. The predicted molar refractivity (Wildman–Crippen MR) is 94.5 cm³/mol. The maximum absolute atomic E-state index is 12.6. The molecule has 1 N–H and O–H groups in total. The minimum absolute atomic E-state index is 0.121. The number of carbonyl (C=O) groups excluding carboxylic acids is 1. The fraction of sp³-hybridized carbons (Fsp3) is 0.588. The van der Waals surface area contributed by atoms with E-state index in [0.717, 1.165) is 44.0 Å². The number of rotatable bonds is 5. The molecule has 5 nitrogen and oxygen atoms in total. The van der Waals surface area contributed by atoms with Crippen LogP contribution in [0.25, 0.3) is 0 Å². The fourth-order valence-electron chi connectivity index (χ4n) is 2.80. The second kappa shape index (κ2) is 7.88. The molecule has 6 heteroatoms. The summed E-state index contributed by atoms with van der Waals surface area (Å²) in [5.41, 5.74) is 1.74. The topological polar surface area (TPSA) is 44.8 Å². The first-order valence-corrected chi connectivity index (χ1v) is 8.45. The van der Waals surface area contributed by atoms with E-state index in [4.69, 9.17) is 16.3 Å². The van der Waals surface area contributed by atoms with E-state index in [-0.39, 0.29) is 11.9 Å². The molecule has 0 bridgehead atoms. The second-order valence-corrected chi connectivity index (χ2v) is 6.33. The molecule has 0 saturated carbocycles. The SMILES string of the molecule is CCN1CCN(C(=O)[C@H](C)Nc2cc(C)c(Cl)cc2OC)CC1. The van der Waals surface area contributed by atoms with Crippen LogP contribution in [0.4, 0.5) is 5.69 Å². The zero-order valence-corrected chi connectivity index (χ0v) is 15.1. The number of hydrogen-bond acceptors (Lipinski definition) is 4. The van der Waals surface area contributed by atoms with Crippen LogP contribution in [0.3, 0.4) is 0 Å². The Morgan fingerprint density at radius 2 is 2.00 bits per heavy atom. The molecule has 0 radical (unpaired) electrons. The van der Waals surface area contributed by atoms with Crippen LogP contribution in [0.15, 0.2) is 12.1 Å². The lowest BCUT2D eigenvalue weighted by atomic mass is 10.1. The second-order valence-electron chi connectivity index (χ2n) is 5.93. The van der Waals surface area contributed by atoms with Crippen LogP contribution in [0.1, 0.15) is 19.4 Å². The van der Waals surface area contributed by atoms with Crippen LogP contribution in [0.5, 0.6) is 5.75 Å². The first-order valence-electron chi connectivity index (χ1n) is 8.08. The van der Waals surface area contributed by atoms with Gasteiger partial charge in [-0.25, -0.2) is 0 Å². The summed E-state index contributed by atoms with van der Waals surface area (Å²) in [7, 11) is 1.60. The molecule has 1 atom stereocenters. The molecule has 23 heavy (non-hydrogen) atoms. The Balaban J connectivity index is 2.03. The first kappa shape index (κ1) is 17.9. The van der Waals surface area contributed by atoms with Crippen LogP contribution in [0.2, 0.25) is 5.02 Å². The van der Waals surface area contributed by atoms with Crippen molar-refractivity contribution >= 4 is 23.2 Å². The van der Waals surface area contributed by atoms with E-state index in [1.807, 2.05) is 24.8 Å². The van der Waals surface area contributed by atoms with Gasteiger partial charge in [-0.3, -0.25) is 4.79 Å². The van der Waals surface area contributed by atoms with Crippen molar-refractivity contribution in [2.24, 2.45) is 0 Å². The number of piperazine rings is 1. The van der Waals surface area contributed by atoms with Gasteiger partial charge in [0.2, 0.25) is 5.91 Å². The van der Waals surface area contributed by atoms with Gasteiger partial charge in [-0.1, -0.05) is 18.5 Å². The minimum Gasteiger partial charge on any atom is -0.495 e. The lowest BCUT2D eigenvalue weighted by molar-refractivity contribution is -0.133. The van der Waals surface area contributed by atoms with Crippen LogP contribution >= 0.6 is 11.6 Å². The maximum atomic E-state index is 12.6. The van der Waals surface area contributed by atoms with E-state index in [2.05, 4.69) is 17.1 Å². The third-order valence-corrected chi connectivity index (χ3v) is 4.76. The number of benzene rings is 1. The summed E-state index contributed by atoms with van der Waals surface area (Å²) in [5, 5.41) is 3.92. The normalized spacial score (nSPS) is 17.0. The molecule has 1 saturated heterocycles. The van der Waals surface area contributed by atoms with Gasteiger partial charge in [-0.2, -0.15) is 0 Å². The Morgan fingerprint density at radius 3 is 2.57 bits per heavy atom. The number of ether oxygens (including phenoxy) is 1. The van der Waals surface area contributed by atoms with Crippen molar-refractivity contribution in [1.29, 1.82) is 0 Å². The molecule has 1 fully saturated rings. The van der Waals surface area contributed by atoms with Gasteiger partial charge in [0.25, 0.3) is 0 Å². The lowest BCUT2D eigenvalue weighted by Crippen LogP contribution is -2.52. The van der Waals surface area contributed by atoms with E-state index in [9.17, 15) is 4.79 Å². The third-order valence-electron chi connectivity index (χ3n) is 4.35. The number of aryl methyl sites for hydroxylation is 1. The summed E-state index contributed by atoms with van der Waals surface area (Å²) in [6.07, 6.45) is 0. The molecule has 1 aromatic carbocycles. The van der Waals surface area contributed by atoms with Crippen LogP contribution in [-0.4, -0.2) is 61.6 Å². The van der Waals surface area contributed by atoms with Gasteiger partial charge in [0, 0.05) is 37.3 Å². The molecule has 0 aliphatic carbocycles. The number of carbonyl (C=O) groups is 1. The van der Waals surface area contributed by atoms with Gasteiger partial charge in [0.1, 0.15) is 11.8 Å². The molecular formula is C17H26ClN3O2. The number of halogens is 1. The molecular weight excluding hydrogens is 314 g/mol. The summed E-state index contributed by atoms with van der Waals surface area (Å²) >= 11 is 6.13. The van der Waals surface area contributed by atoms with Crippen LogP contribution in [-0.2, 0) is 4.79 Å². The number of anilines is 1. The molecule has 1 amide bonds. The van der Waals surface area contributed by atoms with E-state index in [1.54, 1.807) is 13.2 Å². The third kappa shape index (κ3) is 4.30. The van der Waals surface area contributed by atoms with Crippen molar-refractivity contribution < 1.29 is 9.53 Å². The molecule has 2 rings (SSSR count). The van der Waals surface area contributed by atoms with Gasteiger partial charge < -0.3 is 19.9 Å². The zero-order chi connectivity index (χ0) is 17.0. The summed E-state index contributed by atoms with van der Waals surface area (Å²) in [6.45, 7) is 10.5. The number of hydrogen-bond donors (Lipinski definition) is 1. The number of likely N-dealkylation sites (N-methyl/N-ethyl adjacent to an activating group) is 1. The predicted octanol–water partition coefficient (Wildman–Crippen LogP) is 2.62. The van der Waals surface area contributed by atoms with Crippen molar-refractivity contribution in [3.05, 3.63) is 22.7 Å². The van der Waals surface area contributed by atoms with Gasteiger partial charge in [-0.05, 0) is 32.0 Å². The van der Waals surface area contributed by atoms with Crippen molar-refractivity contribution in [3.63, 3.8) is 0 Å². The minimum atomic E-state index is -0.308. The Morgan fingerprint density at radius 1 is 1.35 bits per heavy atom. The van der Waals surface area contributed by atoms with Crippen LogP contribution < -0.4 is 10.1 Å². The average Bonchev–Trinajstić information content (AvgIpc) is 2.57. The highest BCUT2D eigenvalue weighted by atomic mass is 35.5. The van der Waals surface area contributed by atoms with E-state index in [0.29, 0.717) is 10.8 Å². The molecule has 1 aliphatic heterocycles. The van der Waals surface area contributed by atoms with Crippen molar-refractivity contribution in [1.82, 2.24) is 9.80 Å². The van der Waals surface area contributed by atoms with Crippen LogP contribution in [0, 0.1) is 6.92 Å². The van der Waals surface area contributed by atoms with Crippen molar-refractivity contribution in [2.75, 3.05) is 45.2 Å². The van der Waals surface area contributed by atoms with E-state index in [1.165, 1.54) is 0 Å².